The number of carbonyl (C=O) groups excluding carboxylic acids is 1. The molecule has 0 fully saturated rings. The molecule has 0 saturated carbocycles. The van der Waals surface area contributed by atoms with E-state index in [0.29, 0.717) is 0 Å². The van der Waals surface area contributed by atoms with Crippen LogP contribution in [0.5, 0.6) is 0 Å². The molecule has 1 aromatic carbocycles. The SMILES string of the molecule is CCCCC(Nc1ccc(Br)c(I)c1)C(=O)OC. The molecular formula is C13H17BrINO2. The number of rotatable bonds is 6. The van der Waals surface area contributed by atoms with E-state index in [0.717, 1.165) is 33.0 Å². The first kappa shape index (κ1) is 15.8. The number of hydrogen-bond donors (Lipinski definition) is 1. The highest BCUT2D eigenvalue weighted by Gasteiger charge is 2.18. The first-order valence-electron chi connectivity index (χ1n) is 5.88. The van der Waals surface area contributed by atoms with E-state index in [9.17, 15) is 4.79 Å². The smallest absolute Gasteiger partial charge is 0.328 e. The van der Waals surface area contributed by atoms with E-state index in [4.69, 9.17) is 4.74 Å². The lowest BCUT2D eigenvalue weighted by Gasteiger charge is -2.17. The fraction of sp³-hybridized carbons (Fsp3) is 0.462. The summed E-state index contributed by atoms with van der Waals surface area (Å²) in [5.74, 6) is -0.207. The minimum Gasteiger partial charge on any atom is -0.467 e. The summed E-state index contributed by atoms with van der Waals surface area (Å²) in [5, 5.41) is 3.23. The molecule has 0 aliphatic heterocycles. The Bertz CT molecular complexity index is 412. The predicted octanol–water partition coefficient (Wildman–Crippen LogP) is 4.20. The largest absolute Gasteiger partial charge is 0.467 e. The van der Waals surface area contributed by atoms with Gasteiger partial charge in [-0.1, -0.05) is 19.8 Å². The standard InChI is InChI=1S/C13H17BrINO2/c1-3-4-5-12(13(17)18-2)16-9-6-7-10(14)11(15)8-9/h6-8,12,16H,3-5H2,1-2H3. The number of halogens is 2. The van der Waals surface area contributed by atoms with Crippen LogP contribution in [0, 0.1) is 3.57 Å². The summed E-state index contributed by atoms with van der Waals surface area (Å²) in [6.45, 7) is 2.11. The van der Waals surface area contributed by atoms with Gasteiger partial charge in [0.05, 0.1) is 7.11 Å². The first-order chi connectivity index (χ1) is 8.58. The lowest BCUT2D eigenvalue weighted by Crippen LogP contribution is -2.30. The molecule has 0 spiro atoms. The summed E-state index contributed by atoms with van der Waals surface area (Å²) in [5.41, 5.74) is 0.939. The molecular weight excluding hydrogens is 409 g/mol. The number of unbranched alkanes of at least 4 members (excludes halogenated alkanes) is 1. The van der Waals surface area contributed by atoms with Crippen LogP contribution in [-0.2, 0) is 9.53 Å². The van der Waals surface area contributed by atoms with Crippen molar-refractivity contribution in [3.63, 3.8) is 0 Å². The number of esters is 1. The van der Waals surface area contributed by atoms with E-state index in [1.165, 1.54) is 7.11 Å². The minimum absolute atomic E-state index is 0.207. The number of ether oxygens (including phenoxy) is 1. The number of benzene rings is 1. The van der Waals surface area contributed by atoms with Gasteiger partial charge in [0.2, 0.25) is 0 Å². The van der Waals surface area contributed by atoms with Gasteiger partial charge >= 0.3 is 5.97 Å². The minimum atomic E-state index is -0.271. The van der Waals surface area contributed by atoms with Crippen LogP contribution in [0.4, 0.5) is 5.69 Å². The molecule has 1 atom stereocenters. The molecule has 0 aromatic heterocycles. The van der Waals surface area contributed by atoms with Gasteiger partial charge < -0.3 is 10.1 Å². The van der Waals surface area contributed by atoms with Gasteiger partial charge in [-0.3, -0.25) is 0 Å². The van der Waals surface area contributed by atoms with Crippen LogP contribution in [0.25, 0.3) is 0 Å². The molecule has 100 valence electrons. The Hall–Kier alpha value is -0.300. The normalized spacial score (nSPS) is 12.0. The highest BCUT2D eigenvalue weighted by molar-refractivity contribution is 14.1. The molecule has 1 aromatic rings. The van der Waals surface area contributed by atoms with Crippen LogP contribution in [-0.4, -0.2) is 19.1 Å². The molecule has 5 heteroatoms. The maximum absolute atomic E-state index is 11.7. The lowest BCUT2D eigenvalue weighted by molar-refractivity contribution is -0.141. The zero-order valence-electron chi connectivity index (χ0n) is 10.5. The summed E-state index contributed by atoms with van der Waals surface area (Å²) in [4.78, 5) is 11.7. The van der Waals surface area contributed by atoms with Crippen molar-refractivity contribution in [1.29, 1.82) is 0 Å². The number of nitrogens with one attached hydrogen (secondary N) is 1. The van der Waals surface area contributed by atoms with Crippen LogP contribution in [0.2, 0.25) is 0 Å². The number of anilines is 1. The molecule has 0 amide bonds. The van der Waals surface area contributed by atoms with Crippen LogP contribution in [0.1, 0.15) is 26.2 Å². The summed E-state index contributed by atoms with van der Waals surface area (Å²) in [6.07, 6.45) is 2.85. The number of methoxy groups -OCH3 is 1. The summed E-state index contributed by atoms with van der Waals surface area (Å²) >= 11 is 5.70. The average molecular weight is 426 g/mol. The first-order valence-corrected chi connectivity index (χ1v) is 7.75. The highest BCUT2D eigenvalue weighted by atomic mass is 127. The molecule has 18 heavy (non-hydrogen) atoms. The number of carbonyl (C=O) groups is 1. The molecule has 1 N–H and O–H groups in total. The molecule has 0 aliphatic carbocycles. The Balaban J connectivity index is 2.75. The van der Waals surface area contributed by atoms with Crippen molar-refractivity contribution in [1.82, 2.24) is 0 Å². The molecule has 0 saturated heterocycles. The molecule has 1 rings (SSSR count). The lowest BCUT2D eigenvalue weighted by atomic mass is 10.1. The van der Waals surface area contributed by atoms with Gasteiger partial charge in [0, 0.05) is 13.7 Å². The maximum atomic E-state index is 11.7. The molecule has 0 bridgehead atoms. The second-order valence-corrected chi connectivity index (χ2v) is 6.01. The molecule has 0 aliphatic rings. The van der Waals surface area contributed by atoms with Crippen molar-refractivity contribution in [2.24, 2.45) is 0 Å². The van der Waals surface area contributed by atoms with E-state index in [2.05, 4.69) is 50.8 Å². The number of hydrogen-bond acceptors (Lipinski definition) is 3. The third kappa shape index (κ3) is 4.76. The van der Waals surface area contributed by atoms with E-state index >= 15 is 0 Å². The Morgan fingerprint density at radius 1 is 1.56 bits per heavy atom. The van der Waals surface area contributed by atoms with Gasteiger partial charge in [-0.15, -0.1) is 0 Å². The van der Waals surface area contributed by atoms with Crippen molar-refractivity contribution in [2.75, 3.05) is 12.4 Å². The molecule has 0 radical (unpaired) electrons. The highest BCUT2D eigenvalue weighted by Crippen LogP contribution is 2.23. The Morgan fingerprint density at radius 2 is 2.28 bits per heavy atom. The second kappa shape index (κ2) is 7.99. The van der Waals surface area contributed by atoms with Crippen molar-refractivity contribution < 1.29 is 9.53 Å². The van der Waals surface area contributed by atoms with Crippen molar-refractivity contribution in [3.05, 3.63) is 26.2 Å². The average Bonchev–Trinajstić information content (AvgIpc) is 2.37. The maximum Gasteiger partial charge on any atom is 0.328 e. The van der Waals surface area contributed by atoms with Gasteiger partial charge in [-0.05, 0) is 63.1 Å². The van der Waals surface area contributed by atoms with Gasteiger partial charge in [-0.25, -0.2) is 4.79 Å². The van der Waals surface area contributed by atoms with Crippen LogP contribution in [0.3, 0.4) is 0 Å². The van der Waals surface area contributed by atoms with Crippen LogP contribution in [0.15, 0.2) is 22.7 Å². The third-order valence-corrected chi connectivity index (χ3v) is 4.92. The van der Waals surface area contributed by atoms with E-state index in [1.807, 2.05) is 18.2 Å². The van der Waals surface area contributed by atoms with Crippen molar-refractivity contribution >= 4 is 50.2 Å². The second-order valence-electron chi connectivity index (χ2n) is 3.99. The summed E-state index contributed by atoms with van der Waals surface area (Å²) in [7, 11) is 1.42. The van der Waals surface area contributed by atoms with E-state index in [-0.39, 0.29) is 12.0 Å². The summed E-state index contributed by atoms with van der Waals surface area (Å²) < 4.78 is 6.98. The fourth-order valence-electron chi connectivity index (χ4n) is 1.59. The van der Waals surface area contributed by atoms with E-state index < -0.39 is 0 Å². The van der Waals surface area contributed by atoms with Gasteiger partial charge in [-0.2, -0.15) is 0 Å². The molecule has 0 heterocycles. The van der Waals surface area contributed by atoms with Gasteiger partial charge in [0.15, 0.2) is 0 Å². The monoisotopic (exact) mass is 425 g/mol. The third-order valence-electron chi connectivity index (χ3n) is 2.59. The quantitative estimate of drug-likeness (QED) is 0.548. The molecule has 3 nitrogen and oxygen atoms in total. The summed E-state index contributed by atoms with van der Waals surface area (Å²) in [6, 6.07) is 5.66. The Kier molecular flexibility index (Phi) is 6.99. The predicted molar refractivity (Wildman–Crippen MR) is 85.8 cm³/mol. The Labute approximate surface area is 130 Å². The zero-order valence-corrected chi connectivity index (χ0v) is 14.2. The van der Waals surface area contributed by atoms with Gasteiger partial charge in [0.1, 0.15) is 6.04 Å². The van der Waals surface area contributed by atoms with Crippen molar-refractivity contribution in [3.8, 4) is 0 Å². The van der Waals surface area contributed by atoms with E-state index in [1.54, 1.807) is 0 Å². The topological polar surface area (TPSA) is 38.3 Å². The fourth-order valence-corrected chi connectivity index (χ4v) is 2.35. The van der Waals surface area contributed by atoms with Crippen molar-refractivity contribution in [2.45, 2.75) is 32.2 Å². The van der Waals surface area contributed by atoms with Crippen LogP contribution < -0.4 is 5.32 Å². The van der Waals surface area contributed by atoms with Gasteiger partial charge in [0.25, 0.3) is 0 Å². The zero-order chi connectivity index (χ0) is 13.5. The van der Waals surface area contributed by atoms with Crippen LogP contribution >= 0.6 is 38.5 Å². The molecule has 1 unspecified atom stereocenters. The Morgan fingerprint density at radius 3 is 2.83 bits per heavy atom.